The second-order valence-corrected chi connectivity index (χ2v) is 11.0. The highest BCUT2D eigenvalue weighted by Crippen LogP contribution is 2.38. The van der Waals surface area contributed by atoms with Gasteiger partial charge in [0.1, 0.15) is 0 Å². The molecule has 1 spiro atoms. The quantitative estimate of drug-likeness (QED) is 0.431. The highest BCUT2D eigenvalue weighted by atomic mass is 32.2. The van der Waals surface area contributed by atoms with E-state index in [0.717, 1.165) is 38.1 Å². The molecule has 26 heavy (non-hydrogen) atoms. The second kappa shape index (κ2) is 8.15. The fourth-order valence-electron chi connectivity index (χ4n) is 3.77. The van der Waals surface area contributed by atoms with Crippen LogP contribution in [0.25, 0.3) is 0 Å². The molecule has 2 rings (SSSR count). The predicted molar refractivity (Wildman–Crippen MR) is 105 cm³/mol. The number of guanidine groups is 1. The van der Waals surface area contributed by atoms with Gasteiger partial charge in [-0.25, -0.2) is 8.42 Å². The van der Waals surface area contributed by atoms with E-state index in [1.807, 2.05) is 20.8 Å². The third kappa shape index (κ3) is 4.69. The highest BCUT2D eigenvalue weighted by Gasteiger charge is 2.48. The lowest BCUT2D eigenvalue weighted by Crippen LogP contribution is -2.60. The van der Waals surface area contributed by atoms with Gasteiger partial charge in [-0.05, 0) is 12.8 Å². The van der Waals surface area contributed by atoms with Crippen LogP contribution in [0, 0.1) is 5.41 Å². The SMILES string of the molecule is CN=C(NCCNC(=O)C(C)(C)C)N1CCS(=O)(=O)C2(CCCCC2)C1. The van der Waals surface area contributed by atoms with Gasteiger partial charge in [-0.3, -0.25) is 9.79 Å². The van der Waals surface area contributed by atoms with Crippen molar-refractivity contribution in [3.63, 3.8) is 0 Å². The average molecular weight is 387 g/mol. The van der Waals surface area contributed by atoms with Gasteiger partial charge in [-0.1, -0.05) is 40.0 Å². The lowest BCUT2D eigenvalue weighted by molar-refractivity contribution is -0.128. The molecular weight excluding hydrogens is 352 g/mol. The van der Waals surface area contributed by atoms with Crippen LogP contribution in [0.4, 0.5) is 0 Å². The lowest BCUT2D eigenvalue weighted by Gasteiger charge is -2.45. The van der Waals surface area contributed by atoms with Gasteiger partial charge in [-0.15, -0.1) is 0 Å². The van der Waals surface area contributed by atoms with E-state index in [1.165, 1.54) is 0 Å². The molecule has 2 N–H and O–H groups in total. The number of carbonyl (C=O) groups excluding carboxylic acids is 1. The molecular formula is C18H34N4O3S. The Bertz CT molecular complexity index is 631. The Balaban J connectivity index is 1.93. The topological polar surface area (TPSA) is 90.9 Å². The summed E-state index contributed by atoms with van der Waals surface area (Å²) >= 11 is 0. The maximum Gasteiger partial charge on any atom is 0.225 e. The first-order valence-electron chi connectivity index (χ1n) is 9.57. The molecule has 1 aliphatic carbocycles. The van der Waals surface area contributed by atoms with Crippen molar-refractivity contribution < 1.29 is 13.2 Å². The smallest absolute Gasteiger partial charge is 0.225 e. The molecule has 7 nitrogen and oxygen atoms in total. The van der Waals surface area contributed by atoms with Gasteiger partial charge in [0.2, 0.25) is 5.91 Å². The van der Waals surface area contributed by atoms with Crippen molar-refractivity contribution in [1.29, 1.82) is 0 Å². The molecule has 0 aromatic rings. The van der Waals surface area contributed by atoms with Gasteiger partial charge >= 0.3 is 0 Å². The van der Waals surface area contributed by atoms with Crippen LogP contribution in [0.15, 0.2) is 4.99 Å². The molecule has 0 aromatic carbocycles. The molecule has 2 aliphatic rings. The minimum absolute atomic E-state index is 0.0134. The van der Waals surface area contributed by atoms with Gasteiger partial charge in [0.15, 0.2) is 15.8 Å². The number of nitrogens with zero attached hydrogens (tertiary/aromatic N) is 2. The van der Waals surface area contributed by atoms with Crippen LogP contribution < -0.4 is 10.6 Å². The monoisotopic (exact) mass is 386 g/mol. The van der Waals surface area contributed by atoms with Crippen LogP contribution in [0.5, 0.6) is 0 Å². The predicted octanol–water partition coefficient (Wildman–Crippen LogP) is 1.16. The fourth-order valence-corrected chi connectivity index (χ4v) is 5.92. The van der Waals surface area contributed by atoms with Gasteiger partial charge < -0.3 is 15.5 Å². The highest BCUT2D eigenvalue weighted by molar-refractivity contribution is 7.92. The standard InChI is InChI=1S/C18H34N4O3S/c1-17(2,3)15(23)20-10-11-21-16(19-4)22-12-13-26(24,25)18(14-22)8-6-5-7-9-18/h5-14H2,1-4H3,(H,19,21)(H,20,23). The third-order valence-corrected chi connectivity index (χ3v) is 8.00. The van der Waals surface area contributed by atoms with Gasteiger partial charge in [0, 0.05) is 38.6 Å². The number of hydrogen-bond acceptors (Lipinski definition) is 4. The summed E-state index contributed by atoms with van der Waals surface area (Å²) in [6.07, 6.45) is 4.60. The number of nitrogens with one attached hydrogen (secondary N) is 2. The van der Waals surface area contributed by atoms with Crippen molar-refractivity contribution in [2.24, 2.45) is 10.4 Å². The minimum atomic E-state index is -3.06. The summed E-state index contributed by atoms with van der Waals surface area (Å²) in [6.45, 7) is 7.70. The molecule has 0 atom stereocenters. The molecule has 1 saturated heterocycles. The summed E-state index contributed by atoms with van der Waals surface area (Å²) < 4.78 is 24.8. The molecule has 0 radical (unpaired) electrons. The van der Waals surface area contributed by atoms with Crippen molar-refractivity contribution in [3.05, 3.63) is 0 Å². The van der Waals surface area contributed by atoms with E-state index in [0.29, 0.717) is 26.2 Å². The van der Waals surface area contributed by atoms with Crippen LogP contribution in [0.2, 0.25) is 0 Å². The average Bonchev–Trinajstić information content (AvgIpc) is 2.58. The summed E-state index contributed by atoms with van der Waals surface area (Å²) in [5, 5.41) is 6.17. The number of hydrogen-bond donors (Lipinski definition) is 2. The Morgan fingerprint density at radius 1 is 1.12 bits per heavy atom. The van der Waals surface area contributed by atoms with Crippen LogP contribution in [-0.2, 0) is 14.6 Å². The van der Waals surface area contributed by atoms with Crippen molar-refractivity contribution in [3.8, 4) is 0 Å². The van der Waals surface area contributed by atoms with Gasteiger partial charge in [-0.2, -0.15) is 0 Å². The number of rotatable bonds is 3. The summed E-state index contributed by atoms with van der Waals surface area (Å²) in [5.74, 6) is 0.920. The lowest BCUT2D eigenvalue weighted by atomic mass is 9.87. The van der Waals surface area contributed by atoms with Crippen molar-refractivity contribution >= 4 is 21.7 Å². The minimum Gasteiger partial charge on any atom is -0.354 e. The molecule has 8 heteroatoms. The first-order chi connectivity index (χ1) is 12.1. The Morgan fingerprint density at radius 3 is 2.31 bits per heavy atom. The van der Waals surface area contributed by atoms with Crippen LogP contribution in [0.3, 0.4) is 0 Å². The Labute approximate surface area is 157 Å². The van der Waals surface area contributed by atoms with E-state index < -0.39 is 20.0 Å². The Kier molecular flexibility index (Phi) is 6.58. The van der Waals surface area contributed by atoms with E-state index in [9.17, 15) is 13.2 Å². The maximum atomic E-state index is 12.7. The summed E-state index contributed by atoms with van der Waals surface area (Å²) in [5.41, 5.74) is -0.406. The molecule has 1 saturated carbocycles. The summed E-state index contributed by atoms with van der Waals surface area (Å²) in [6, 6.07) is 0. The van der Waals surface area contributed by atoms with E-state index in [2.05, 4.69) is 20.5 Å². The zero-order valence-corrected chi connectivity index (χ0v) is 17.4. The van der Waals surface area contributed by atoms with Crippen molar-refractivity contribution in [2.45, 2.75) is 57.6 Å². The van der Waals surface area contributed by atoms with Crippen LogP contribution >= 0.6 is 0 Å². The van der Waals surface area contributed by atoms with Crippen molar-refractivity contribution in [1.82, 2.24) is 15.5 Å². The zero-order chi connectivity index (χ0) is 19.4. The van der Waals surface area contributed by atoms with Gasteiger partial charge in [0.05, 0.1) is 10.5 Å². The Morgan fingerprint density at radius 2 is 1.73 bits per heavy atom. The first-order valence-corrected chi connectivity index (χ1v) is 11.2. The normalized spacial score (nSPS) is 22.9. The summed E-state index contributed by atoms with van der Waals surface area (Å²) in [7, 11) is -1.34. The number of amides is 1. The van der Waals surface area contributed by atoms with E-state index in [-0.39, 0.29) is 11.7 Å². The van der Waals surface area contributed by atoms with E-state index >= 15 is 0 Å². The Hall–Kier alpha value is -1.31. The maximum absolute atomic E-state index is 12.7. The molecule has 0 bridgehead atoms. The van der Waals surface area contributed by atoms with E-state index in [1.54, 1.807) is 7.05 Å². The number of sulfone groups is 1. The first kappa shape index (κ1) is 21.0. The third-order valence-electron chi connectivity index (χ3n) is 5.42. The van der Waals surface area contributed by atoms with Crippen LogP contribution in [0.1, 0.15) is 52.9 Å². The van der Waals surface area contributed by atoms with E-state index in [4.69, 9.17) is 0 Å². The number of aliphatic imine (C=N–C) groups is 1. The molecule has 0 unspecified atom stereocenters. The second-order valence-electron chi connectivity index (χ2n) is 8.46. The zero-order valence-electron chi connectivity index (χ0n) is 16.6. The molecule has 1 aliphatic heterocycles. The van der Waals surface area contributed by atoms with Crippen LogP contribution in [-0.4, -0.2) is 68.9 Å². The summed E-state index contributed by atoms with van der Waals surface area (Å²) in [4.78, 5) is 18.3. The molecule has 1 amide bonds. The molecule has 1 heterocycles. The van der Waals surface area contributed by atoms with Gasteiger partial charge in [0.25, 0.3) is 0 Å². The molecule has 2 fully saturated rings. The fraction of sp³-hybridized carbons (Fsp3) is 0.889. The largest absolute Gasteiger partial charge is 0.354 e. The number of carbonyl (C=O) groups is 1. The molecule has 0 aromatic heterocycles. The molecule has 150 valence electrons. The van der Waals surface area contributed by atoms with Crippen molar-refractivity contribution in [2.75, 3.05) is 39.0 Å².